The molecule has 2 heterocycles. The smallest absolute Gasteiger partial charge is 0.271 e. The Bertz CT molecular complexity index is 755. The van der Waals surface area contributed by atoms with Crippen LogP contribution in [-0.2, 0) is 0 Å². The second-order valence-electron chi connectivity index (χ2n) is 7.08. The van der Waals surface area contributed by atoms with Crippen LogP contribution in [0.2, 0.25) is 0 Å². The monoisotopic (exact) mass is 311 g/mol. The molecule has 0 amide bonds. The number of pyridine rings is 1. The summed E-state index contributed by atoms with van der Waals surface area (Å²) >= 11 is 0. The molecule has 4 nitrogen and oxygen atoms in total. The first-order valence-corrected chi connectivity index (χ1v) is 8.80. The second kappa shape index (κ2) is 6.00. The quantitative estimate of drug-likeness (QED) is 0.944. The maximum absolute atomic E-state index is 12.5. The fraction of sp³-hybridized carbons (Fsp3) is 0.526. The number of aromatic amines is 1. The minimum atomic E-state index is 0.0400. The summed E-state index contributed by atoms with van der Waals surface area (Å²) in [7, 11) is 0. The Hall–Kier alpha value is -1.81. The maximum Gasteiger partial charge on any atom is 0.271 e. The van der Waals surface area contributed by atoms with Gasteiger partial charge in [0.15, 0.2) is 0 Å². The van der Waals surface area contributed by atoms with E-state index in [2.05, 4.69) is 33.0 Å². The van der Waals surface area contributed by atoms with Crippen LogP contribution in [0.25, 0.3) is 10.9 Å². The number of aromatic nitrogens is 1. The van der Waals surface area contributed by atoms with E-state index in [1.807, 2.05) is 13.0 Å². The molecule has 0 spiro atoms. The van der Waals surface area contributed by atoms with E-state index in [-0.39, 0.29) is 5.56 Å². The Morgan fingerprint density at radius 2 is 1.96 bits per heavy atom. The molecule has 1 saturated carbocycles. The highest BCUT2D eigenvalue weighted by Gasteiger charge is 2.24. The zero-order valence-corrected chi connectivity index (χ0v) is 13.8. The molecular formula is C19H25N3O. The molecule has 122 valence electrons. The molecule has 0 atom stereocenters. The largest absolute Gasteiger partial charge is 0.365 e. The number of piperazine rings is 1. The second-order valence-corrected chi connectivity index (χ2v) is 7.08. The number of nitrogens with zero attached hydrogens (tertiary/aromatic N) is 2. The summed E-state index contributed by atoms with van der Waals surface area (Å²) in [5, 5.41) is 1.12. The van der Waals surface area contributed by atoms with Crippen molar-refractivity contribution < 1.29 is 0 Å². The molecule has 4 rings (SSSR count). The van der Waals surface area contributed by atoms with Gasteiger partial charge in [0, 0.05) is 31.6 Å². The number of nitrogens with one attached hydrogen (secondary N) is 1. The molecule has 0 radical (unpaired) electrons. The zero-order chi connectivity index (χ0) is 15.8. The van der Waals surface area contributed by atoms with Crippen molar-refractivity contribution in [2.24, 2.45) is 5.92 Å². The lowest BCUT2D eigenvalue weighted by molar-refractivity contribution is 0.250. The van der Waals surface area contributed by atoms with Gasteiger partial charge in [0.05, 0.1) is 5.52 Å². The molecule has 4 heteroatoms. The fourth-order valence-electron chi connectivity index (χ4n) is 3.59. The molecule has 23 heavy (non-hydrogen) atoms. The number of fused-ring (bicyclic) bond motifs is 1. The Kier molecular flexibility index (Phi) is 3.85. The molecule has 1 aromatic heterocycles. The predicted octanol–water partition coefficient (Wildman–Crippen LogP) is 2.76. The van der Waals surface area contributed by atoms with Crippen molar-refractivity contribution in [1.82, 2.24) is 9.88 Å². The molecule has 2 fully saturated rings. The van der Waals surface area contributed by atoms with Crippen LogP contribution in [0.3, 0.4) is 0 Å². The van der Waals surface area contributed by atoms with E-state index >= 15 is 0 Å². The van der Waals surface area contributed by atoms with Crippen LogP contribution < -0.4 is 10.5 Å². The van der Waals surface area contributed by atoms with Crippen LogP contribution >= 0.6 is 0 Å². The molecule has 2 aliphatic rings. The highest BCUT2D eigenvalue weighted by atomic mass is 16.1. The van der Waals surface area contributed by atoms with Gasteiger partial charge < -0.3 is 9.88 Å². The molecule has 0 bridgehead atoms. The fourth-order valence-corrected chi connectivity index (χ4v) is 3.59. The Labute approximate surface area is 137 Å². The lowest BCUT2D eigenvalue weighted by atomic mass is 10.1. The van der Waals surface area contributed by atoms with Crippen molar-refractivity contribution in [2.75, 3.05) is 37.6 Å². The van der Waals surface area contributed by atoms with Crippen molar-refractivity contribution >= 4 is 16.6 Å². The van der Waals surface area contributed by atoms with Crippen molar-refractivity contribution in [1.29, 1.82) is 0 Å². The van der Waals surface area contributed by atoms with Crippen LogP contribution in [0.4, 0.5) is 5.69 Å². The summed E-state index contributed by atoms with van der Waals surface area (Å²) in [5.74, 6) is 1.000. The van der Waals surface area contributed by atoms with E-state index in [1.165, 1.54) is 25.8 Å². The van der Waals surface area contributed by atoms with E-state index in [0.29, 0.717) is 0 Å². The number of H-pyrrole nitrogens is 1. The van der Waals surface area contributed by atoms with Gasteiger partial charge in [-0.15, -0.1) is 0 Å². The van der Waals surface area contributed by atoms with Gasteiger partial charge in [-0.3, -0.25) is 9.69 Å². The van der Waals surface area contributed by atoms with Crippen molar-refractivity contribution in [3.05, 3.63) is 40.2 Å². The van der Waals surface area contributed by atoms with Gasteiger partial charge in [0.25, 0.3) is 5.56 Å². The molecule has 1 aromatic carbocycles. The third-order valence-corrected chi connectivity index (χ3v) is 5.33. The number of para-hydroxylation sites is 1. The van der Waals surface area contributed by atoms with Gasteiger partial charge in [-0.1, -0.05) is 31.0 Å². The highest BCUT2D eigenvalue weighted by molar-refractivity contribution is 5.84. The molecule has 1 aliphatic carbocycles. The van der Waals surface area contributed by atoms with E-state index in [0.717, 1.165) is 54.3 Å². The number of hydrogen-bond acceptors (Lipinski definition) is 3. The summed E-state index contributed by atoms with van der Waals surface area (Å²) < 4.78 is 0. The summed E-state index contributed by atoms with van der Waals surface area (Å²) in [6, 6.07) is 8.22. The van der Waals surface area contributed by atoms with E-state index in [1.54, 1.807) is 0 Å². The standard InChI is InChI=1S/C19H25N3O/c1-14-3-2-4-16-13-17(19(23)20-18(14)16)22-11-9-21(10-12-22)8-7-15-5-6-15/h2-4,13,15H,5-12H2,1H3,(H,20,23). The van der Waals surface area contributed by atoms with Crippen LogP contribution in [0.15, 0.2) is 29.1 Å². The minimum absolute atomic E-state index is 0.0400. The van der Waals surface area contributed by atoms with E-state index < -0.39 is 0 Å². The summed E-state index contributed by atoms with van der Waals surface area (Å²) in [6.07, 6.45) is 4.23. The molecule has 2 aromatic rings. The predicted molar refractivity (Wildman–Crippen MR) is 95.3 cm³/mol. The number of anilines is 1. The van der Waals surface area contributed by atoms with Crippen molar-refractivity contribution in [3.63, 3.8) is 0 Å². The van der Waals surface area contributed by atoms with Crippen LogP contribution in [0, 0.1) is 12.8 Å². The lowest BCUT2D eigenvalue weighted by Crippen LogP contribution is -2.48. The van der Waals surface area contributed by atoms with Crippen molar-refractivity contribution in [3.8, 4) is 0 Å². The zero-order valence-electron chi connectivity index (χ0n) is 13.8. The van der Waals surface area contributed by atoms with Gasteiger partial charge in [-0.05, 0) is 37.4 Å². The Morgan fingerprint density at radius 1 is 1.17 bits per heavy atom. The molecular weight excluding hydrogens is 286 g/mol. The van der Waals surface area contributed by atoms with Gasteiger partial charge in [0.1, 0.15) is 5.69 Å². The highest BCUT2D eigenvalue weighted by Crippen LogP contribution is 2.32. The summed E-state index contributed by atoms with van der Waals surface area (Å²) in [6.45, 7) is 7.30. The molecule has 1 aliphatic heterocycles. The summed E-state index contributed by atoms with van der Waals surface area (Å²) in [4.78, 5) is 20.3. The van der Waals surface area contributed by atoms with Crippen LogP contribution in [-0.4, -0.2) is 42.6 Å². The first-order chi connectivity index (χ1) is 11.2. The Balaban J connectivity index is 1.49. The third kappa shape index (κ3) is 3.13. The Morgan fingerprint density at radius 3 is 2.70 bits per heavy atom. The minimum Gasteiger partial charge on any atom is -0.365 e. The average Bonchev–Trinajstić information content (AvgIpc) is 3.38. The molecule has 1 saturated heterocycles. The SMILES string of the molecule is Cc1cccc2cc(N3CCN(CCC4CC4)CC3)c(=O)[nH]c12. The van der Waals surface area contributed by atoms with Crippen LogP contribution in [0.1, 0.15) is 24.8 Å². The number of aryl methyl sites for hydroxylation is 1. The normalized spacial score (nSPS) is 19.4. The van der Waals surface area contributed by atoms with E-state index in [9.17, 15) is 4.79 Å². The average molecular weight is 311 g/mol. The first-order valence-electron chi connectivity index (χ1n) is 8.80. The summed E-state index contributed by atoms with van der Waals surface area (Å²) in [5.41, 5.74) is 2.95. The third-order valence-electron chi connectivity index (χ3n) is 5.33. The number of hydrogen-bond donors (Lipinski definition) is 1. The van der Waals surface area contributed by atoms with Gasteiger partial charge >= 0.3 is 0 Å². The van der Waals surface area contributed by atoms with Gasteiger partial charge in [-0.25, -0.2) is 0 Å². The number of benzene rings is 1. The molecule has 1 N–H and O–H groups in total. The maximum atomic E-state index is 12.5. The number of rotatable bonds is 4. The van der Waals surface area contributed by atoms with Crippen LogP contribution in [0.5, 0.6) is 0 Å². The lowest BCUT2D eigenvalue weighted by Gasteiger charge is -2.35. The topological polar surface area (TPSA) is 39.3 Å². The van der Waals surface area contributed by atoms with Gasteiger partial charge in [-0.2, -0.15) is 0 Å². The van der Waals surface area contributed by atoms with Gasteiger partial charge in [0.2, 0.25) is 0 Å². The molecule has 0 unspecified atom stereocenters. The van der Waals surface area contributed by atoms with Crippen molar-refractivity contribution in [2.45, 2.75) is 26.2 Å². The first kappa shape index (κ1) is 14.8. The van der Waals surface area contributed by atoms with E-state index in [4.69, 9.17) is 0 Å².